The van der Waals surface area contributed by atoms with E-state index in [1.54, 1.807) is 37.4 Å². The van der Waals surface area contributed by atoms with Crippen LogP contribution in [0.5, 0.6) is 17.2 Å². The highest BCUT2D eigenvalue weighted by atomic mass is 16.7. The predicted molar refractivity (Wildman–Crippen MR) is 139 cm³/mol. The van der Waals surface area contributed by atoms with Crippen LogP contribution >= 0.6 is 0 Å². The third kappa shape index (κ3) is 5.92. The molecule has 11 unspecified atom stereocenters. The molecule has 5 rings (SSSR count). The lowest BCUT2D eigenvalue weighted by Crippen LogP contribution is -2.61. The summed E-state index contributed by atoms with van der Waals surface area (Å²) in [5.74, 6) is 1.22. The molecule has 41 heavy (non-hydrogen) atoms. The number of aliphatic hydroxyl groups excluding tert-OH is 7. The molecule has 3 aliphatic heterocycles. The number of benzene rings is 2. The van der Waals surface area contributed by atoms with Gasteiger partial charge in [-0.25, -0.2) is 0 Å². The summed E-state index contributed by atoms with van der Waals surface area (Å²) in [4.78, 5) is 0. The molecule has 13 heteroatoms. The zero-order valence-corrected chi connectivity index (χ0v) is 22.3. The van der Waals surface area contributed by atoms with Crippen LogP contribution < -0.4 is 14.2 Å². The molecule has 7 N–H and O–H groups in total. The van der Waals surface area contributed by atoms with Crippen molar-refractivity contribution in [2.45, 2.75) is 74.4 Å². The summed E-state index contributed by atoms with van der Waals surface area (Å²) in [7, 11) is 1.56. The molecule has 0 amide bonds. The predicted octanol–water partition coefficient (Wildman–Crippen LogP) is -0.807. The van der Waals surface area contributed by atoms with Crippen LogP contribution in [0.25, 0.3) is 5.57 Å². The molecule has 2 saturated heterocycles. The maximum absolute atomic E-state index is 11.1. The second-order valence-corrected chi connectivity index (χ2v) is 10.2. The van der Waals surface area contributed by atoms with E-state index < -0.39 is 74.1 Å². The van der Waals surface area contributed by atoms with Crippen molar-refractivity contribution in [2.75, 3.05) is 13.7 Å². The van der Waals surface area contributed by atoms with E-state index in [1.807, 2.05) is 0 Å². The van der Waals surface area contributed by atoms with E-state index in [4.69, 9.17) is 28.4 Å². The van der Waals surface area contributed by atoms with Gasteiger partial charge in [-0.05, 0) is 42.8 Å². The summed E-state index contributed by atoms with van der Waals surface area (Å²) in [6.07, 6.45) is -13.8. The van der Waals surface area contributed by atoms with E-state index in [-0.39, 0.29) is 5.75 Å². The zero-order valence-electron chi connectivity index (χ0n) is 22.3. The van der Waals surface area contributed by atoms with Crippen molar-refractivity contribution >= 4 is 5.57 Å². The Morgan fingerprint density at radius 3 is 2.10 bits per heavy atom. The standard InChI is InChI=1S/C28H34O13/c1-12-20(29)23(32)25(34)27(39-12)38-11-19-22(31)24(33)26(35)28(41-19)40-15-7-8-18-16(9-15)21(30)17(10-37-18)13-3-5-14(36-2)6-4-13/h3-10,12,19-35H,11H2,1-2H3. The van der Waals surface area contributed by atoms with Crippen molar-refractivity contribution in [3.8, 4) is 17.2 Å². The van der Waals surface area contributed by atoms with Gasteiger partial charge in [-0.2, -0.15) is 0 Å². The average molecular weight is 579 g/mol. The van der Waals surface area contributed by atoms with Gasteiger partial charge in [-0.15, -0.1) is 0 Å². The van der Waals surface area contributed by atoms with Gasteiger partial charge in [0.1, 0.15) is 66.1 Å². The lowest BCUT2D eigenvalue weighted by atomic mass is 9.94. The Kier molecular flexibility index (Phi) is 8.82. The van der Waals surface area contributed by atoms with E-state index in [0.29, 0.717) is 28.2 Å². The Hall–Kier alpha value is -2.82. The molecule has 224 valence electrons. The number of hydrogen-bond acceptors (Lipinski definition) is 13. The van der Waals surface area contributed by atoms with Crippen LogP contribution in [-0.4, -0.2) is 111 Å². The largest absolute Gasteiger partial charge is 0.497 e. The molecular weight excluding hydrogens is 544 g/mol. The molecule has 11 atom stereocenters. The minimum Gasteiger partial charge on any atom is -0.497 e. The van der Waals surface area contributed by atoms with Crippen LogP contribution in [-0.2, 0) is 14.2 Å². The number of fused-ring (bicyclic) bond motifs is 1. The van der Waals surface area contributed by atoms with Gasteiger partial charge in [-0.1, -0.05) is 12.1 Å². The SMILES string of the molecule is COc1ccc(C2=COc3ccc(OC4OC(COC5OC(C)C(O)C(O)C5O)C(O)C(O)C4O)cc3C2O)cc1. The molecule has 2 fully saturated rings. The summed E-state index contributed by atoms with van der Waals surface area (Å²) >= 11 is 0. The fraction of sp³-hybridized carbons (Fsp3) is 0.500. The second kappa shape index (κ2) is 12.2. The van der Waals surface area contributed by atoms with Crippen molar-refractivity contribution in [2.24, 2.45) is 0 Å². The van der Waals surface area contributed by atoms with E-state index in [1.165, 1.54) is 25.3 Å². The Morgan fingerprint density at radius 2 is 1.39 bits per heavy atom. The molecule has 2 aromatic rings. The summed E-state index contributed by atoms with van der Waals surface area (Å²) in [5, 5.41) is 72.6. The van der Waals surface area contributed by atoms with Crippen LogP contribution in [0.3, 0.4) is 0 Å². The fourth-order valence-corrected chi connectivity index (χ4v) is 4.92. The topological polar surface area (TPSA) is 197 Å². The van der Waals surface area contributed by atoms with Gasteiger partial charge in [0.2, 0.25) is 6.29 Å². The number of hydrogen-bond donors (Lipinski definition) is 7. The Labute approximate surface area is 235 Å². The molecular formula is C28H34O13. The van der Waals surface area contributed by atoms with E-state index in [9.17, 15) is 35.7 Å². The first kappa shape index (κ1) is 29.7. The maximum atomic E-state index is 11.1. The normalized spacial score (nSPS) is 37.0. The van der Waals surface area contributed by atoms with Gasteiger partial charge >= 0.3 is 0 Å². The number of methoxy groups -OCH3 is 1. The highest BCUT2D eigenvalue weighted by Gasteiger charge is 2.47. The quantitative estimate of drug-likeness (QED) is 0.216. The maximum Gasteiger partial charge on any atom is 0.229 e. The van der Waals surface area contributed by atoms with Gasteiger partial charge < -0.3 is 64.2 Å². The fourth-order valence-electron chi connectivity index (χ4n) is 4.92. The Bertz CT molecular complexity index is 1220. The van der Waals surface area contributed by atoms with Gasteiger partial charge in [0, 0.05) is 11.1 Å². The van der Waals surface area contributed by atoms with Gasteiger partial charge in [-0.3, -0.25) is 0 Å². The summed E-state index contributed by atoms with van der Waals surface area (Å²) in [6.45, 7) is 1.07. The van der Waals surface area contributed by atoms with Crippen molar-refractivity contribution in [1.82, 2.24) is 0 Å². The van der Waals surface area contributed by atoms with Crippen LogP contribution in [0.1, 0.15) is 24.2 Å². The summed E-state index contributed by atoms with van der Waals surface area (Å²) in [6, 6.07) is 11.7. The molecule has 0 spiro atoms. The van der Waals surface area contributed by atoms with Gasteiger partial charge in [0.25, 0.3) is 0 Å². The zero-order chi connectivity index (χ0) is 29.4. The first-order valence-corrected chi connectivity index (χ1v) is 13.1. The lowest BCUT2D eigenvalue weighted by Gasteiger charge is -2.42. The van der Waals surface area contributed by atoms with Crippen molar-refractivity contribution in [3.05, 3.63) is 59.9 Å². The number of rotatable bonds is 7. The highest BCUT2D eigenvalue weighted by Crippen LogP contribution is 2.41. The van der Waals surface area contributed by atoms with Gasteiger partial charge in [0.15, 0.2) is 6.29 Å². The number of aliphatic hydroxyl groups is 7. The van der Waals surface area contributed by atoms with Crippen LogP contribution in [0.4, 0.5) is 0 Å². The third-order valence-corrected chi connectivity index (χ3v) is 7.46. The smallest absolute Gasteiger partial charge is 0.229 e. The van der Waals surface area contributed by atoms with E-state index >= 15 is 0 Å². The molecule has 2 aromatic carbocycles. The minimum absolute atomic E-state index is 0.173. The molecule has 3 aliphatic rings. The molecule has 13 nitrogen and oxygen atoms in total. The monoisotopic (exact) mass is 578 g/mol. The lowest BCUT2D eigenvalue weighted by molar-refractivity contribution is -0.318. The molecule has 0 aliphatic carbocycles. The molecule has 0 radical (unpaired) electrons. The number of ether oxygens (including phenoxy) is 6. The third-order valence-electron chi connectivity index (χ3n) is 7.46. The first-order chi connectivity index (χ1) is 19.6. The molecule has 0 saturated carbocycles. The van der Waals surface area contributed by atoms with E-state index in [0.717, 1.165) is 0 Å². The summed E-state index contributed by atoms with van der Waals surface area (Å²) in [5.41, 5.74) is 1.60. The molecule has 0 aromatic heterocycles. The second-order valence-electron chi connectivity index (χ2n) is 10.2. The Balaban J connectivity index is 1.27. The Morgan fingerprint density at radius 1 is 0.732 bits per heavy atom. The first-order valence-electron chi connectivity index (χ1n) is 13.1. The van der Waals surface area contributed by atoms with Crippen molar-refractivity contribution in [3.63, 3.8) is 0 Å². The van der Waals surface area contributed by atoms with Gasteiger partial charge in [0.05, 0.1) is 26.1 Å². The average Bonchev–Trinajstić information content (AvgIpc) is 2.98. The van der Waals surface area contributed by atoms with Crippen LogP contribution in [0, 0.1) is 0 Å². The highest BCUT2D eigenvalue weighted by molar-refractivity contribution is 5.73. The molecule has 3 heterocycles. The molecule has 0 bridgehead atoms. The van der Waals surface area contributed by atoms with E-state index in [2.05, 4.69) is 0 Å². The van der Waals surface area contributed by atoms with Crippen molar-refractivity contribution < 1.29 is 64.2 Å². The van der Waals surface area contributed by atoms with Crippen LogP contribution in [0.15, 0.2) is 48.7 Å². The van der Waals surface area contributed by atoms with Crippen LogP contribution in [0.2, 0.25) is 0 Å². The minimum atomic E-state index is -1.68. The van der Waals surface area contributed by atoms with Crippen molar-refractivity contribution in [1.29, 1.82) is 0 Å². The summed E-state index contributed by atoms with van der Waals surface area (Å²) < 4.78 is 33.3.